The molecule has 0 heterocycles. The fourth-order valence-corrected chi connectivity index (χ4v) is 1.34. The molecule has 5 nitrogen and oxygen atoms in total. The summed E-state index contributed by atoms with van der Waals surface area (Å²) in [5.74, 6) is -0.733. The molecule has 0 aromatic heterocycles. The maximum atomic E-state index is 10.8. The summed E-state index contributed by atoms with van der Waals surface area (Å²) >= 11 is 5.83. The van der Waals surface area contributed by atoms with Gasteiger partial charge in [0.2, 0.25) is 0 Å². The van der Waals surface area contributed by atoms with E-state index < -0.39 is 5.97 Å². The second kappa shape index (κ2) is 6.61. The molecule has 0 atom stereocenters. The number of hydrogen-bond donors (Lipinski definition) is 0. The highest BCUT2D eigenvalue weighted by Gasteiger charge is 2.02. The SMILES string of the molecule is CCc1cc(Cl)ccc1N=NOC(=O)CC#N. The van der Waals surface area contributed by atoms with E-state index in [2.05, 4.69) is 15.2 Å². The van der Waals surface area contributed by atoms with Crippen molar-refractivity contribution in [1.82, 2.24) is 0 Å². The van der Waals surface area contributed by atoms with Crippen molar-refractivity contribution in [1.29, 1.82) is 5.26 Å². The molecule has 88 valence electrons. The van der Waals surface area contributed by atoms with E-state index in [1.54, 1.807) is 24.3 Å². The number of halogens is 1. The Morgan fingerprint density at radius 2 is 2.35 bits per heavy atom. The number of benzene rings is 1. The summed E-state index contributed by atoms with van der Waals surface area (Å²) in [7, 11) is 0. The molecule has 0 N–H and O–H groups in total. The van der Waals surface area contributed by atoms with Gasteiger partial charge in [-0.3, -0.25) is 4.84 Å². The highest BCUT2D eigenvalue weighted by molar-refractivity contribution is 6.30. The first-order chi connectivity index (χ1) is 8.17. The molecular formula is C11H10ClN3O2. The van der Waals surface area contributed by atoms with Crippen molar-refractivity contribution in [2.45, 2.75) is 19.8 Å². The van der Waals surface area contributed by atoms with Gasteiger partial charge in [0.25, 0.3) is 0 Å². The quantitative estimate of drug-likeness (QED) is 0.608. The zero-order chi connectivity index (χ0) is 12.7. The molecule has 6 heteroatoms. The van der Waals surface area contributed by atoms with Crippen LogP contribution in [-0.4, -0.2) is 5.97 Å². The average Bonchev–Trinajstić information content (AvgIpc) is 2.31. The van der Waals surface area contributed by atoms with Gasteiger partial charge in [-0.15, -0.1) is 5.11 Å². The minimum atomic E-state index is -0.733. The molecule has 17 heavy (non-hydrogen) atoms. The third-order valence-corrected chi connectivity index (χ3v) is 2.17. The number of nitriles is 1. The molecule has 1 aromatic rings. The summed E-state index contributed by atoms with van der Waals surface area (Å²) in [5.41, 5.74) is 1.49. The summed E-state index contributed by atoms with van der Waals surface area (Å²) in [4.78, 5) is 15.2. The number of carbonyl (C=O) groups is 1. The number of nitrogens with zero attached hydrogens (tertiary/aromatic N) is 3. The molecule has 1 aromatic carbocycles. The monoisotopic (exact) mass is 251 g/mol. The molecule has 0 fully saturated rings. The lowest BCUT2D eigenvalue weighted by atomic mass is 10.1. The van der Waals surface area contributed by atoms with Crippen LogP contribution < -0.4 is 0 Å². The normalized spacial score (nSPS) is 10.2. The molecular weight excluding hydrogens is 242 g/mol. The Labute approximate surface area is 104 Å². The van der Waals surface area contributed by atoms with Crippen LogP contribution in [-0.2, 0) is 16.1 Å². The van der Waals surface area contributed by atoms with Crippen LogP contribution in [0.4, 0.5) is 5.69 Å². The lowest BCUT2D eigenvalue weighted by Crippen LogP contribution is -1.96. The Hall–Kier alpha value is -1.93. The van der Waals surface area contributed by atoms with Crippen molar-refractivity contribution in [2.24, 2.45) is 10.4 Å². The van der Waals surface area contributed by atoms with Gasteiger partial charge < -0.3 is 0 Å². The fraction of sp³-hybridized carbons (Fsp3) is 0.273. The lowest BCUT2D eigenvalue weighted by molar-refractivity contribution is -0.143. The van der Waals surface area contributed by atoms with Crippen molar-refractivity contribution in [2.75, 3.05) is 0 Å². The van der Waals surface area contributed by atoms with Gasteiger partial charge in [-0.1, -0.05) is 18.5 Å². The zero-order valence-electron chi connectivity index (χ0n) is 9.18. The Bertz CT molecular complexity index is 480. The summed E-state index contributed by atoms with van der Waals surface area (Å²) in [6, 6.07) is 6.78. The summed E-state index contributed by atoms with van der Waals surface area (Å²) in [6.45, 7) is 1.95. The van der Waals surface area contributed by atoms with E-state index in [9.17, 15) is 4.79 Å². The minimum Gasteiger partial charge on any atom is -0.299 e. The molecule has 0 radical (unpaired) electrons. The smallest absolute Gasteiger partial charge is 0.299 e. The first kappa shape index (κ1) is 13.1. The maximum absolute atomic E-state index is 10.8. The minimum absolute atomic E-state index is 0.347. The summed E-state index contributed by atoms with van der Waals surface area (Å²) in [6.07, 6.45) is 0.390. The third-order valence-electron chi connectivity index (χ3n) is 1.94. The number of carbonyl (C=O) groups excluding carboxylic acids is 1. The number of rotatable bonds is 4. The van der Waals surface area contributed by atoms with Crippen LogP contribution in [0.1, 0.15) is 18.9 Å². The van der Waals surface area contributed by atoms with Gasteiger partial charge >= 0.3 is 5.97 Å². The fourth-order valence-electron chi connectivity index (χ4n) is 1.14. The topological polar surface area (TPSA) is 74.8 Å². The van der Waals surface area contributed by atoms with Crippen molar-refractivity contribution in [3.8, 4) is 6.07 Å². The summed E-state index contributed by atoms with van der Waals surface area (Å²) in [5, 5.41) is 15.9. The predicted molar refractivity (Wildman–Crippen MR) is 61.7 cm³/mol. The second-order valence-corrected chi connectivity index (χ2v) is 3.54. The van der Waals surface area contributed by atoms with E-state index in [4.69, 9.17) is 16.9 Å². The zero-order valence-corrected chi connectivity index (χ0v) is 9.94. The van der Waals surface area contributed by atoms with E-state index >= 15 is 0 Å². The molecule has 0 aliphatic heterocycles. The van der Waals surface area contributed by atoms with Crippen LogP contribution in [0.3, 0.4) is 0 Å². The largest absolute Gasteiger partial charge is 0.350 e. The number of aryl methyl sites for hydroxylation is 1. The first-order valence-electron chi connectivity index (χ1n) is 4.93. The van der Waals surface area contributed by atoms with Gasteiger partial charge in [0.1, 0.15) is 6.42 Å². The molecule has 1 rings (SSSR count). The van der Waals surface area contributed by atoms with Crippen LogP contribution in [0, 0.1) is 11.3 Å². The van der Waals surface area contributed by atoms with Crippen molar-refractivity contribution < 1.29 is 9.63 Å². The van der Waals surface area contributed by atoms with Crippen LogP contribution in [0.5, 0.6) is 0 Å². The van der Waals surface area contributed by atoms with Crippen molar-refractivity contribution >= 4 is 23.3 Å². The average molecular weight is 252 g/mol. The Balaban J connectivity index is 2.71. The predicted octanol–water partition coefficient (Wildman–Crippen LogP) is 3.36. The van der Waals surface area contributed by atoms with Gasteiger partial charge in [-0.05, 0) is 30.2 Å². The first-order valence-corrected chi connectivity index (χ1v) is 5.31. The van der Waals surface area contributed by atoms with Crippen LogP contribution in [0.2, 0.25) is 5.02 Å². The van der Waals surface area contributed by atoms with Crippen LogP contribution >= 0.6 is 11.6 Å². The van der Waals surface area contributed by atoms with E-state index in [0.29, 0.717) is 10.7 Å². The molecule has 0 aliphatic rings. The van der Waals surface area contributed by atoms with Crippen LogP contribution in [0.15, 0.2) is 28.6 Å². The van der Waals surface area contributed by atoms with E-state index in [0.717, 1.165) is 12.0 Å². The van der Waals surface area contributed by atoms with Gasteiger partial charge in [-0.25, -0.2) is 4.79 Å². The maximum Gasteiger partial charge on any atom is 0.350 e. The highest BCUT2D eigenvalue weighted by Crippen LogP contribution is 2.24. The lowest BCUT2D eigenvalue weighted by Gasteiger charge is -2.01. The molecule has 0 saturated carbocycles. The standard InChI is InChI=1S/C11H10ClN3O2/c1-2-8-7-9(12)3-4-10(8)14-15-17-11(16)5-6-13/h3-4,7H,2,5H2,1H3. The molecule has 0 amide bonds. The molecule has 0 saturated heterocycles. The molecule has 0 spiro atoms. The van der Waals surface area contributed by atoms with Gasteiger partial charge in [0, 0.05) is 10.3 Å². The molecule has 0 bridgehead atoms. The van der Waals surface area contributed by atoms with Gasteiger partial charge in [0.05, 0.1) is 11.8 Å². The third kappa shape index (κ3) is 4.21. The van der Waals surface area contributed by atoms with Crippen molar-refractivity contribution in [3.05, 3.63) is 28.8 Å². The second-order valence-electron chi connectivity index (χ2n) is 3.11. The molecule has 0 unspecified atom stereocenters. The van der Waals surface area contributed by atoms with E-state index in [-0.39, 0.29) is 6.42 Å². The summed E-state index contributed by atoms with van der Waals surface area (Å²) < 4.78 is 0. The molecule has 0 aliphatic carbocycles. The highest BCUT2D eigenvalue weighted by atomic mass is 35.5. The Morgan fingerprint density at radius 1 is 1.59 bits per heavy atom. The number of hydrogen-bond acceptors (Lipinski definition) is 5. The Kier molecular flexibility index (Phi) is 5.11. The van der Waals surface area contributed by atoms with Crippen LogP contribution in [0.25, 0.3) is 0 Å². The van der Waals surface area contributed by atoms with Gasteiger partial charge in [0.15, 0.2) is 0 Å². The van der Waals surface area contributed by atoms with E-state index in [1.807, 2.05) is 6.92 Å². The Morgan fingerprint density at radius 3 is 3.00 bits per heavy atom. The van der Waals surface area contributed by atoms with Gasteiger partial charge in [-0.2, -0.15) is 5.26 Å². The van der Waals surface area contributed by atoms with E-state index in [1.165, 1.54) is 0 Å². The van der Waals surface area contributed by atoms with Crippen molar-refractivity contribution in [3.63, 3.8) is 0 Å².